The van der Waals surface area contributed by atoms with E-state index >= 15 is 0 Å². The average molecular weight is 1480 g/mol. The molecule has 8 rings (SSSR count). The monoisotopic (exact) mass is 1480 g/mol. The number of nitrogens with two attached hydrogens (primary N) is 1. The maximum absolute atomic E-state index is 14.5. The molecular formula is C48H36BrF2I4N9O4V. The van der Waals surface area contributed by atoms with Gasteiger partial charge in [-0.15, -0.1) is 0 Å². The van der Waals surface area contributed by atoms with Crippen molar-refractivity contribution in [3.8, 4) is 56.4 Å². The van der Waals surface area contributed by atoms with Crippen molar-refractivity contribution >= 4 is 116 Å². The molecule has 8 aromatic rings. The SMILES string of the molecule is CC(C)(C)OC(=O)Nc1cc(-n2cc(-c3ncccn3)cc(-c3ccccc3Br)c2=O)ccc1F.II.[11C-]#[N+]c1ccccc1-c1cc(-c2ncccn2)cn(-c2ccc(F)c(N)c2)c1=O.[I][V][I]. The summed E-state index contributed by atoms with van der Waals surface area (Å²) >= 11 is 12.5. The standard InChI is InChI=1S/C26H22BrFN4O3.C22H14FN5O.I2.2HI.V/c1-26(2,3)35-25(34)31-22-14-17(9-10-21(22)28)32-15-16(23-29-11-6-12-30-23)13-19(24(32)33)18-7-4-5-8-20(18)27;1-25-20-6-3-2-5-16(20)17-11-14(21-26-9-4-10-27-21)13-28(22(17)29)15-7-8-18(23)19(24)12-15;1-2;;;/h4-15H,1-3H3,(H,31,34);2-13H,24H2;;2*1H;/q;;;;;+2/p-2/i;1-1;;;;. The van der Waals surface area contributed by atoms with Gasteiger partial charge in [-0.2, -0.15) is 0 Å². The first-order chi connectivity index (χ1) is 33.1. The first kappa shape index (κ1) is 55.3. The summed E-state index contributed by atoms with van der Waals surface area (Å²) in [5.74, 6) is -0.397. The fourth-order valence-electron chi connectivity index (χ4n) is 6.41. The quantitative estimate of drug-likeness (QED) is 0.0898. The van der Waals surface area contributed by atoms with Gasteiger partial charge < -0.3 is 10.5 Å². The van der Waals surface area contributed by atoms with Crippen LogP contribution in [0.15, 0.2) is 160 Å². The normalized spacial score (nSPS) is 10.4. The number of rotatable bonds is 7. The van der Waals surface area contributed by atoms with E-state index in [4.69, 9.17) is 17.0 Å². The topological polar surface area (TPSA) is 164 Å². The van der Waals surface area contributed by atoms with E-state index in [0.717, 1.165) is 4.47 Å². The number of ether oxygens (including phenoxy) is 1. The van der Waals surface area contributed by atoms with Crippen LogP contribution in [0.2, 0.25) is 0 Å². The third kappa shape index (κ3) is 14.9. The number of para-hydroxylation sites is 1. The molecule has 4 heterocycles. The first-order valence-electron chi connectivity index (χ1n) is 19.8. The molecule has 69 heavy (non-hydrogen) atoms. The fraction of sp³-hybridized carbons (Fsp3) is 0.0833. The third-order valence-electron chi connectivity index (χ3n) is 9.28. The molecule has 351 valence electrons. The molecule has 0 atom stereocenters. The number of nitrogens with zero attached hydrogens (tertiary/aromatic N) is 7. The van der Waals surface area contributed by atoms with E-state index < -0.39 is 23.3 Å². The predicted molar refractivity (Wildman–Crippen MR) is 301 cm³/mol. The molecule has 0 aliphatic carbocycles. The second kappa shape index (κ2) is 26.5. The molecule has 0 fully saturated rings. The van der Waals surface area contributed by atoms with Gasteiger partial charge in [-0.05, 0) is 93.1 Å². The van der Waals surface area contributed by atoms with E-state index in [1.807, 2.05) is 24.3 Å². The molecule has 1 amide bonds. The Labute approximate surface area is 456 Å². The number of anilines is 2. The Bertz CT molecular complexity index is 3240. The van der Waals surface area contributed by atoms with Gasteiger partial charge in [0.2, 0.25) is 0 Å². The number of nitrogens with one attached hydrogen (secondary N) is 1. The molecule has 0 aliphatic heterocycles. The molecular weight excluding hydrogens is 1440 g/mol. The van der Waals surface area contributed by atoms with Crippen molar-refractivity contribution < 1.29 is 27.8 Å². The number of hydrogen-bond donors (Lipinski definition) is 2. The van der Waals surface area contributed by atoms with Crippen LogP contribution in [-0.2, 0) is 14.2 Å². The van der Waals surface area contributed by atoms with E-state index in [1.54, 1.807) is 106 Å². The van der Waals surface area contributed by atoms with E-state index in [9.17, 15) is 23.2 Å². The summed E-state index contributed by atoms with van der Waals surface area (Å²) in [6, 6.07) is 29.0. The second-order valence-corrected chi connectivity index (χ2v) is 27.6. The number of pyridine rings is 2. The molecule has 21 heteroatoms. The van der Waals surface area contributed by atoms with Crippen LogP contribution in [0.1, 0.15) is 20.8 Å². The number of carbonyl (C=O) groups excluding carboxylic acids is 1. The molecule has 0 aliphatic rings. The number of halogens is 7. The molecule has 4 aromatic carbocycles. The zero-order valence-corrected chi connectivity index (χ0v) is 47.9. The number of amides is 1. The van der Waals surface area contributed by atoms with Crippen molar-refractivity contribution in [1.82, 2.24) is 29.1 Å². The molecule has 4 aromatic heterocycles. The van der Waals surface area contributed by atoms with Crippen molar-refractivity contribution in [2.45, 2.75) is 26.4 Å². The van der Waals surface area contributed by atoms with Crippen LogP contribution < -0.4 is 22.2 Å². The predicted octanol–water partition coefficient (Wildman–Crippen LogP) is 14.0. The Hall–Kier alpha value is -4.66. The van der Waals surface area contributed by atoms with Gasteiger partial charge in [-0.3, -0.25) is 24.0 Å². The Morgan fingerprint density at radius 1 is 0.710 bits per heavy atom. The Kier molecular flexibility index (Phi) is 21.2. The zero-order valence-electron chi connectivity index (χ0n) is 36.3. The van der Waals surface area contributed by atoms with Gasteiger partial charge in [0.25, 0.3) is 11.1 Å². The van der Waals surface area contributed by atoms with Gasteiger partial charge in [0.05, 0.1) is 29.3 Å². The number of hydrogen-bond acceptors (Lipinski definition) is 9. The summed E-state index contributed by atoms with van der Waals surface area (Å²) in [5.41, 5.74) is 8.17. The van der Waals surface area contributed by atoms with E-state index in [-0.39, 0.29) is 22.5 Å². The fourth-order valence-corrected chi connectivity index (χ4v) is 6.90. The van der Waals surface area contributed by atoms with Crippen LogP contribution in [0, 0.1) is 18.2 Å². The first-order valence-corrected chi connectivity index (χ1v) is 35.9. The van der Waals surface area contributed by atoms with Crippen LogP contribution in [-0.4, -0.2) is 40.8 Å². The zero-order chi connectivity index (χ0) is 50.3. The Balaban J connectivity index is 0.000000239. The van der Waals surface area contributed by atoms with Crippen LogP contribution in [0.4, 0.5) is 30.6 Å². The molecule has 0 saturated heterocycles. The van der Waals surface area contributed by atoms with E-state index in [0.29, 0.717) is 71.6 Å². The summed E-state index contributed by atoms with van der Waals surface area (Å²) in [4.78, 5) is 59.8. The van der Waals surface area contributed by atoms with Crippen LogP contribution >= 0.6 is 93.1 Å². The van der Waals surface area contributed by atoms with Gasteiger partial charge in [0, 0.05) is 107 Å². The summed E-state index contributed by atoms with van der Waals surface area (Å²) in [5, 5.41) is 2.41. The van der Waals surface area contributed by atoms with E-state index in [1.165, 1.54) is 45.5 Å². The number of aromatic nitrogens is 6. The molecule has 0 saturated carbocycles. The van der Waals surface area contributed by atoms with Crippen molar-refractivity contribution in [3.05, 3.63) is 195 Å². The number of carbonyl (C=O) groups is 1. The number of nitrogen functional groups attached to an aromatic ring is 1. The minimum atomic E-state index is -0.804. The van der Waals surface area contributed by atoms with Gasteiger partial charge >= 0.3 is 55.5 Å². The van der Waals surface area contributed by atoms with Crippen molar-refractivity contribution in [2.24, 2.45) is 0 Å². The van der Waals surface area contributed by atoms with Gasteiger partial charge in [-0.25, -0.2) is 38.4 Å². The van der Waals surface area contributed by atoms with Crippen molar-refractivity contribution in [2.75, 3.05) is 11.1 Å². The third-order valence-corrected chi connectivity index (χ3v) is 9.97. The maximum atomic E-state index is 14.5. The van der Waals surface area contributed by atoms with Crippen LogP contribution in [0.5, 0.6) is 0 Å². The molecule has 13 nitrogen and oxygen atoms in total. The Morgan fingerprint density at radius 2 is 1.17 bits per heavy atom. The van der Waals surface area contributed by atoms with Crippen molar-refractivity contribution in [1.29, 1.82) is 0 Å². The molecule has 0 spiro atoms. The van der Waals surface area contributed by atoms with Gasteiger partial charge in [0.1, 0.15) is 17.2 Å². The summed E-state index contributed by atoms with van der Waals surface area (Å²) in [6.45, 7) is 12.5. The average Bonchev–Trinajstić information content (AvgIpc) is 3.34. The molecule has 0 radical (unpaired) electrons. The summed E-state index contributed by atoms with van der Waals surface area (Å²) in [6.07, 6.45) is 8.77. The summed E-state index contributed by atoms with van der Waals surface area (Å²) < 4.78 is 36.9. The van der Waals surface area contributed by atoms with Crippen LogP contribution in [0.25, 0.3) is 61.2 Å². The van der Waals surface area contributed by atoms with Gasteiger partial charge in [-0.1, -0.05) is 58.4 Å². The number of benzene rings is 4. The molecule has 3 N–H and O–H groups in total. The van der Waals surface area contributed by atoms with E-state index in [2.05, 4.69) is 123 Å². The van der Waals surface area contributed by atoms with Gasteiger partial charge in [0.15, 0.2) is 17.3 Å². The minimum absolute atomic E-state index is 0.0705. The summed E-state index contributed by atoms with van der Waals surface area (Å²) in [7, 11) is 0.628. The Morgan fingerprint density at radius 3 is 1.67 bits per heavy atom. The molecule has 0 bridgehead atoms. The molecule has 0 unspecified atom stereocenters. The van der Waals surface area contributed by atoms with Crippen LogP contribution in [0.3, 0.4) is 0 Å². The van der Waals surface area contributed by atoms with Crippen molar-refractivity contribution in [3.63, 3.8) is 0 Å². The second-order valence-electron chi connectivity index (χ2n) is 14.9.